The van der Waals surface area contributed by atoms with Crippen LogP contribution in [-0.4, -0.2) is 103 Å². The molecule has 4 aliphatic carbocycles. The highest BCUT2D eigenvalue weighted by Crippen LogP contribution is 2.70. The van der Waals surface area contributed by atoms with Crippen LogP contribution in [0.25, 0.3) is 0 Å². The molecule has 16 nitrogen and oxygen atoms in total. The van der Waals surface area contributed by atoms with Gasteiger partial charge in [0.25, 0.3) is 0 Å². The number of hydrogen-bond acceptors (Lipinski definition) is 13. The third kappa shape index (κ3) is 7.20. The number of carbonyl (C=O) groups excluding carboxylic acids is 1. The van der Waals surface area contributed by atoms with Gasteiger partial charge in [-0.1, -0.05) is 27.4 Å². The van der Waals surface area contributed by atoms with Crippen LogP contribution in [0.4, 0.5) is 0 Å². The summed E-state index contributed by atoms with van der Waals surface area (Å²) in [5.41, 5.74) is -0.319. The van der Waals surface area contributed by atoms with Gasteiger partial charge in [-0.3, -0.25) is 18.7 Å². The number of aliphatic hydroxyl groups excluding tert-OH is 2. The molecule has 5 N–H and O–H groups in total. The zero-order valence-electron chi connectivity index (χ0n) is 27.0. The maximum absolute atomic E-state index is 12.9. The molecule has 13 atom stereocenters. The predicted molar refractivity (Wildman–Crippen MR) is 162 cm³/mol. The van der Waals surface area contributed by atoms with Crippen molar-refractivity contribution in [2.24, 2.45) is 40.4 Å². The molecule has 4 saturated carbocycles. The number of carbonyl (C=O) groups is 2. The summed E-state index contributed by atoms with van der Waals surface area (Å²) in [6.07, 6.45) is -7.93. The molecule has 5 fully saturated rings. The molecule has 1 spiro atoms. The Labute approximate surface area is 280 Å². The van der Waals surface area contributed by atoms with Crippen molar-refractivity contribution in [3.8, 4) is 0 Å². The summed E-state index contributed by atoms with van der Waals surface area (Å²) in [6, 6.07) is 0. The largest absolute Gasteiger partial charge is 0.481 e. The first-order valence-corrected chi connectivity index (χ1v) is 18.9. The third-order valence-electron chi connectivity index (χ3n) is 11.5. The molecule has 1 saturated heterocycles. The molecule has 0 amide bonds. The molecule has 1 heterocycles. The lowest BCUT2D eigenvalue weighted by Gasteiger charge is -2.62. The van der Waals surface area contributed by atoms with Gasteiger partial charge in [-0.05, 0) is 79.6 Å². The highest BCUT2D eigenvalue weighted by molar-refractivity contribution is 7.81. The van der Waals surface area contributed by atoms with E-state index >= 15 is 0 Å². The molecular weight excluding hydrogens is 680 g/mol. The number of esters is 1. The number of ether oxygens (including phenoxy) is 3. The number of aliphatic carboxylic acids is 1. The fourth-order valence-electron chi connectivity index (χ4n) is 9.82. The molecule has 0 aromatic carbocycles. The van der Waals surface area contributed by atoms with Crippen molar-refractivity contribution in [1.82, 2.24) is 0 Å². The number of fused-ring (bicyclic) bond motifs is 3. The Morgan fingerprint density at radius 2 is 1.67 bits per heavy atom. The topological polar surface area (TPSA) is 250 Å². The van der Waals surface area contributed by atoms with Crippen molar-refractivity contribution < 1.29 is 73.4 Å². The fraction of sp³-hybridized carbons (Fsp3) is 0.867. The summed E-state index contributed by atoms with van der Waals surface area (Å²) < 4.78 is 93.5. The normalized spacial score (nSPS) is 43.0. The molecule has 5 rings (SSSR count). The minimum atomic E-state index is -5.42. The molecule has 0 aromatic rings. The molecule has 5 aliphatic rings. The van der Waals surface area contributed by atoms with E-state index in [0.717, 1.165) is 24.8 Å². The smallest absolute Gasteiger partial charge is 0.397 e. The summed E-state index contributed by atoms with van der Waals surface area (Å²) in [6.45, 7) is 8.52. The van der Waals surface area contributed by atoms with Crippen LogP contribution in [-0.2, 0) is 53.0 Å². The van der Waals surface area contributed by atoms with Crippen LogP contribution in [0.15, 0.2) is 12.2 Å². The van der Waals surface area contributed by atoms with E-state index < -0.39 is 99.0 Å². The first-order valence-electron chi connectivity index (χ1n) is 16.2. The lowest BCUT2D eigenvalue weighted by molar-refractivity contribution is -0.316. The van der Waals surface area contributed by atoms with Gasteiger partial charge in [-0.25, -0.2) is 8.37 Å². The van der Waals surface area contributed by atoms with Gasteiger partial charge >= 0.3 is 32.7 Å². The third-order valence-corrected chi connectivity index (χ3v) is 12.4. The molecule has 0 radical (unpaired) electrons. The first kappa shape index (κ1) is 37.5. The molecule has 274 valence electrons. The summed E-state index contributed by atoms with van der Waals surface area (Å²) in [5.74, 6) is -3.25. The van der Waals surface area contributed by atoms with E-state index in [4.69, 9.17) is 18.4 Å². The van der Waals surface area contributed by atoms with E-state index in [9.17, 15) is 50.8 Å². The van der Waals surface area contributed by atoms with Crippen LogP contribution in [0.1, 0.15) is 72.1 Å². The van der Waals surface area contributed by atoms with Gasteiger partial charge in [0.2, 0.25) is 0 Å². The number of rotatable bonds is 11. The van der Waals surface area contributed by atoms with E-state index in [2.05, 4.69) is 10.8 Å². The van der Waals surface area contributed by atoms with Gasteiger partial charge in [-0.2, -0.15) is 16.8 Å². The van der Waals surface area contributed by atoms with Crippen LogP contribution in [0.2, 0.25) is 0 Å². The second-order valence-electron chi connectivity index (χ2n) is 14.8. The van der Waals surface area contributed by atoms with Crippen molar-refractivity contribution >= 4 is 32.7 Å². The average molecular weight is 727 g/mol. The Hall–Kier alpha value is -1.74. The second kappa shape index (κ2) is 13.4. The Morgan fingerprint density at radius 3 is 2.25 bits per heavy atom. The molecule has 2 bridgehead atoms. The maximum atomic E-state index is 12.9. The minimum Gasteiger partial charge on any atom is -0.481 e. The summed E-state index contributed by atoms with van der Waals surface area (Å²) in [5, 5.41) is 32.0. The summed E-state index contributed by atoms with van der Waals surface area (Å²) in [4.78, 5) is 25.7. The van der Waals surface area contributed by atoms with E-state index in [0.29, 0.717) is 12.8 Å². The van der Waals surface area contributed by atoms with Crippen molar-refractivity contribution in [2.75, 3.05) is 6.61 Å². The standard InChI is InChI=1S/C30H46O16S2/c1-14(2)9-22(32)44-25-24(46-48(39,40)41)23(45-47(36,37)38)20(13-31)43-28(25)42-17-10-18(27(34)35)19-7-8-30-11-16(15(3)26(30)33)5-6-21(30)29(19,4)12-17/h14,16-21,23-26,28,31,33H,3,5-13H2,1-2,4H3,(H,34,35)(H,36,37,38)(H,39,40,41)/t16-,17-,18?,19-,20+,21+,23+,24-,25+,26+,28+,29-,30-/m1/s1. The van der Waals surface area contributed by atoms with Crippen LogP contribution >= 0.6 is 0 Å². The minimum absolute atomic E-state index is 0.0156. The van der Waals surface area contributed by atoms with Crippen LogP contribution in [0, 0.1) is 40.4 Å². The van der Waals surface area contributed by atoms with Crippen molar-refractivity contribution in [3.63, 3.8) is 0 Å². The first-order chi connectivity index (χ1) is 22.2. The van der Waals surface area contributed by atoms with Crippen molar-refractivity contribution in [3.05, 3.63) is 12.2 Å². The van der Waals surface area contributed by atoms with E-state index in [1.807, 2.05) is 6.92 Å². The Kier molecular flexibility index (Phi) is 10.5. The van der Waals surface area contributed by atoms with Crippen LogP contribution < -0.4 is 0 Å². The van der Waals surface area contributed by atoms with Gasteiger partial charge in [0.1, 0.15) is 12.2 Å². The van der Waals surface area contributed by atoms with Crippen molar-refractivity contribution in [1.29, 1.82) is 0 Å². The van der Waals surface area contributed by atoms with Gasteiger partial charge < -0.3 is 29.5 Å². The Morgan fingerprint density at radius 1 is 1.02 bits per heavy atom. The van der Waals surface area contributed by atoms with E-state index in [-0.39, 0.29) is 42.9 Å². The predicted octanol–water partition coefficient (Wildman–Crippen LogP) is 1.67. The number of aliphatic hydroxyl groups is 2. The van der Waals surface area contributed by atoms with E-state index in [1.165, 1.54) is 0 Å². The lowest BCUT2D eigenvalue weighted by Crippen LogP contribution is -2.64. The summed E-state index contributed by atoms with van der Waals surface area (Å²) >= 11 is 0. The Balaban J connectivity index is 1.51. The average Bonchev–Trinajstić information content (AvgIpc) is 3.12. The SMILES string of the molecule is C=C1[C@@H]2CC[C@H]3[C@]4(C)C[C@H](O[C@H]5O[C@@H](CO)[C@H](OS(=O)(=O)O)[C@@H](OS(=O)(=O)O)[C@@H]5OC(=O)CC(C)C)CC(C(=O)O)[C@H]4CC[C@]3(C2)[C@H]1O. The van der Waals surface area contributed by atoms with Crippen LogP contribution in [0.3, 0.4) is 0 Å². The molecule has 1 unspecified atom stereocenters. The van der Waals surface area contributed by atoms with Crippen molar-refractivity contribution in [2.45, 2.75) is 115 Å². The van der Waals surface area contributed by atoms with E-state index in [1.54, 1.807) is 13.8 Å². The number of carboxylic acid groups (broad SMARTS) is 1. The maximum Gasteiger partial charge on any atom is 0.397 e. The molecule has 0 aromatic heterocycles. The second-order valence-corrected chi connectivity index (χ2v) is 16.9. The van der Waals surface area contributed by atoms with Gasteiger partial charge in [-0.15, -0.1) is 0 Å². The fourth-order valence-corrected chi connectivity index (χ4v) is 10.8. The lowest BCUT2D eigenvalue weighted by atomic mass is 9.43. The molecule has 18 heteroatoms. The van der Waals surface area contributed by atoms with Gasteiger partial charge in [0, 0.05) is 11.8 Å². The number of hydrogen-bond donors (Lipinski definition) is 5. The molecular formula is C30H46O16S2. The highest BCUT2D eigenvalue weighted by atomic mass is 32.3. The quantitative estimate of drug-likeness (QED) is 0.0879. The van der Waals surface area contributed by atoms with Gasteiger partial charge in [0.05, 0.1) is 24.7 Å². The molecule has 1 aliphatic heterocycles. The zero-order valence-corrected chi connectivity index (χ0v) is 28.7. The summed E-state index contributed by atoms with van der Waals surface area (Å²) in [7, 11) is -10.8. The number of carboxylic acids is 1. The van der Waals surface area contributed by atoms with Crippen LogP contribution in [0.5, 0.6) is 0 Å². The monoisotopic (exact) mass is 726 g/mol. The zero-order chi connectivity index (χ0) is 35.6. The molecule has 48 heavy (non-hydrogen) atoms. The Bertz CT molecular complexity index is 1480. The van der Waals surface area contributed by atoms with Gasteiger partial charge in [0.15, 0.2) is 18.5 Å². The highest BCUT2D eigenvalue weighted by Gasteiger charge is 2.67.